The molecule has 0 radical (unpaired) electrons. The van der Waals surface area contributed by atoms with Gasteiger partial charge in [-0.2, -0.15) is 0 Å². The van der Waals surface area contributed by atoms with Crippen LogP contribution in [0, 0.1) is 35.5 Å². The summed E-state index contributed by atoms with van der Waals surface area (Å²) in [5, 5.41) is 69.4. The molecule has 3 aliphatic carbocycles. The summed E-state index contributed by atoms with van der Waals surface area (Å²) in [5.41, 5.74) is 11.8. The Balaban J connectivity index is 1.15. The first kappa shape index (κ1) is 49.0. The van der Waals surface area contributed by atoms with Gasteiger partial charge in [0.25, 0.3) is 0 Å². The lowest BCUT2D eigenvalue weighted by molar-refractivity contribution is -0.150. The molecule has 2 heterocycles. The van der Waals surface area contributed by atoms with Crippen LogP contribution in [-0.4, -0.2) is 64.4 Å². The number of phenolic OH excluding ortho intramolecular Hbond substituents is 2. The number of nitrogens with zero attached hydrogens (tertiary/aromatic N) is 1. The normalized spacial score (nSPS) is 27.4. The predicted octanol–water partition coefficient (Wildman–Crippen LogP) is 11.4. The monoisotopic (exact) mass is 924 g/mol. The maximum absolute atomic E-state index is 13.3. The van der Waals surface area contributed by atoms with E-state index < -0.39 is 23.6 Å². The van der Waals surface area contributed by atoms with Crippen molar-refractivity contribution in [1.82, 2.24) is 9.97 Å². The molecular weight excluding hydrogens is 851 g/mol. The number of pyridine rings is 1. The molecule has 2 aromatic heterocycles. The Labute approximate surface area is 402 Å². The third-order valence-electron chi connectivity index (χ3n) is 15.9. The Kier molecular flexibility index (Phi) is 16.1. The highest BCUT2D eigenvalue weighted by Crippen LogP contribution is 2.54. The van der Waals surface area contributed by atoms with Crippen LogP contribution in [0.4, 0.5) is 5.82 Å². The van der Waals surface area contributed by atoms with Gasteiger partial charge in [0.05, 0.1) is 29.4 Å². The molecule has 68 heavy (non-hydrogen) atoms. The molecule has 9 N–H and O–H groups in total. The molecule has 3 aromatic carbocycles. The number of carboxylic acids is 1. The van der Waals surface area contributed by atoms with E-state index in [4.69, 9.17) is 5.73 Å². The number of anilines is 1. The lowest BCUT2D eigenvalue weighted by Gasteiger charge is -2.39. The number of nitrogens with one attached hydrogen (secondary N) is 1. The molecule has 8 rings (SSSR count). The van der Waals surface area contributed by atoms with Crippen LogP contribution in [0.15, 0.2) is 109 Å². The fourth-order valence-electron chi connectivity index (χ4n) is 12.5. The third-order valence-corrected chi connectivity index (χ3v) is 15.9. The SMILES string of the molecule is CCCCCC1C=CC(CCCCC2CCC(c3cc(-c4ccccc4)c(-c4cc(O)cc(O)c4Cc4ccccc4)[nH]3)C3CC(Cc4ccnc(N)c4)CC3(O)CCC(O)C2C(=O)O)C(O)C1. The number of aromatic nitrogens is 2. The van der Waals surface area contributed by atoms with Gasteiger partial charge in [-0.05, 0) is 135 Å². The summed E-state index contributed by atoms with van der Waals surface area (Å²) in [6, 6.07) is 29.1. The predicted molar refractivity (Wildman–Crippen MR) is 269 cm³/mol. The van der Waals surface area contributed by atoms with Gasteiger partial charge in [-0.3, -0.25) is 4.79 Å². The Morgan fingerprint density at radius 3 is 2.29 bits per heavy atom. The quantitative estimate of drug-likeness (QED) is 0.0331. The van der Waals surface area contributed by atoms with Crippen LogP contribution in [0.2, 0.25) is 0 Å². The fourth-order valence-corrected chi connectivity index (χ4v) is 12.5. The first-order chi connectivity index (χ1) is 32.9. The molecule has 0 aliphatic heterocycles. The average molecular weight is 924 g/mol. The Morgan fingerprint density at radius 1 is 0.809 bits per heavy atom. The van der Waals surface area contributed by atoms with Crippen molar-refractivity contribution in [2.24, 2.45) is 35.5 Å². The number of carboxylic acid groups (broad SMARTS) is 1. The van der Waals surface area contributed by atoms with Gasteiger partial charge in [0, 0.05) is 52.9 Å². The van der Waals surface area contributed by atoms with Gasteiger partial charge in [-0.15, -0.1) is 0 Å². The lowest BCUT2D eigenvalue weighted by atomic mass is 9.69. The van der Waals surface area contributed by atoms with Crippen LogP contribution >= 0.6 is 0 Å². The number of carbonyl (C=O) groups is 1. The largest absolute Gasteiger partial charge is 0.508 e. The summed E-state index contributed by atoms with van der Waals surface area (Å²) in [7, 11) is 0. The highest BCUT2D eigenvalue weighted by Gasteiger charge is 2.51. The van der Waals surface area contributed by atoms with Crippen molar-refractivity contribution in [3.05, 3.63) is 132 Å². The van der Waals surface area contributed by atoms with Gasteiger partial charge in [0.15, 0.2) is 0 Å². The topological polar surface area (TPSA) is 193 Å². The molecule has 0 amide bonds. The van der Waals surface area contributed by atoms with Crippen molar-refractivity contribution < 1.29 is 35.4 Å². The van der Waals surface area contributed by atoms with Gasteiger partial charge in [0.2, 0.25) is 0 Å². The van der Waals surface area contributed by atoms with Crippen molar-refractivity contribution in [3.63, 3.8) is 0 Å². The highest BCUT2D eigenvalue weighted by atomic mass is 16.4. The number of aliphatic carboxylic acids is 1. The molecule has 10 heteroatoms. The third kappa shape index (κ3) is 11.7. The van der Waals surface area contributed by atoms with Gasteiger partial charge in [-0.25, -0.2) is 4.98 Å². The van der Waals surface area contributed by atoms with Crippen LogP contribution in [0.1, 0.15) is 132 Å². The molecule has 3 aliphatic rings. The number of unbranched alkanes of at least 4 members (excludes halogenated alkanes) is 3. The second-order valence-corrected chi connectivity index (χ2v) is 20.6. The number of aliphatic hydroxyl groups is 3. The number of aromatic hydroxyl groups is 2. The van der Waals surface area contributed by atoms with E-state index >= 15 is 0 Å². The molecule has 10 atom stereocenters. The van der Waals surface area contributed by atoms with Crippen LogP contribution in [0.25, 0.3) is 22.4 Å². The summed E-state index contributed by atoms with van der Waals surface area (Å²) >= 11 is 0. The number of benzene rings is 3. The number of nitrogens with two attached hydrogens (primary N) is 1. The molecule has 0 bridgehead atoms. The zero-order chi connectivity index (χ0) is 47.8. The molecule has 2 fully saturated rings. The van der Waals surface area contributed by atoms with Gasteiger partial charge < -0.3 is 41.4 Å². The van der Waals surface area contributed by atoms with Gasteiger partial charge in [-0.1, -0.05) is 112 Å². The molecule has 0 saturated heterocycles. The molecule has 2 saturated carbocycles. The minimum absolute atomic E-state index is 0.0100. The highest BCUT2D eigenvalue weighted by molar-refractivity contribution is 5.85. The Bertz CT molecular complexity index is 2450. The van der Waals surface area contributed by atoms with E-state index in [1.807, 2.05) is 60.7 Å². The minimum Gasteiger partial charge on any atom is -0.508 e. The van der Waals surface area contributed by atoms with Gasteiger partial charge in [0.1, 0.15) is 17.3 Å². The smallest absolute Gasteiger partial charge is 0.309 e. The number of aliphatic hydroxyl groups excluding tert-OH is 2. The fraction of sp³-hybridized carbons (Fsp3) is 0.483. The summed E-state index contributed by atoms with van der Waals surface area (Å²) < 4.78 is 0. The number of phenols is 2. The van der Waals surface area contributed by atoms with Gasteiger partial charge >= 0.3 is 5.97 Å². The molecule has 0 spiro atoms. The van der Waals surface area contributed by atoms with Crippen LogP contribution in [0.5, 0.6) is 11.5 Å². The van der Waals surface area contributed by atoms with Crippen molar-refractivity contribution in [2.45, 2.75) is 140 Å². The number of rotatable bonds is 17. The van der Waals surface area contributed by atoms with Crippen molar-refractivity contribution in [1.29, 1.82) is 0 Å². The Morgan fingerprint density at radius 2 is 1.56 bits per heavy atom. The van der Waals surface area contributed by atoms with Crippen molar-refractivity contribution in [2.75, 3.05) is 5.73 Å². The van der Waals surface area contributed by atoms with E-state index in [1.54, 1.807) is 12.3 Å². The number of hydrogen-bond acceptors (Lipinski definition) is 8. The minimum atomic E-state index is -1.20. The van der Waals surface area contributed by atoms with Crippen molar-refractivity contribution >= 4 is 11.8 Å². The van der Waals surface area contributed by atoms with E-state index in [9.17, 15) is 35.4 Å². The first-order valence-electron chi connectivity index (χ1n) is 25.5. The molecule has 5 aromatic rings. The van der Waals surface area contributed by atoms with Crippen LogP contribution < -0.4 is 5.73 Å². The molecule has 10 unspecified atom stereocenters. The summed E-state index contributed by atoms with van der Waals surface area (Å²) in [6.45, 7) is 2.21. The van der Waals surface area contributed by atoms with E-state index in [1.165, 1.54) is 25.3 Å². The lowest BCUT2D eigenvalue weighted by Crippen LogP contribution is -2.42. The zero-order valence-electron chi connectivity index (χ0n) is 39.7. The summed E-state index contributed by atoms with van der Waals surface area (Å²) in [4.78, 5) is 21.3. The standard InChI is InChI=1S/C58H73N3O7/c1-2-3-6-13-38-20-21-42(52(64)31-38)18-11-12-19-43-22-23-45(49-30-40(28-39-25-27-60-54(59)32-39)36-58(49,68)26-24-51(63)55(43)57(66)67)50-35-46(41-16-9-5-10-17-41)56(61-50)48-33-44(62)34-53(65)47(48)29-37-14-7-4-8-15-37/h4-5,7-10,14-17,20-21,25,27,32-35,38,40,42-43,45,49,51-52,55,61-65,68H,2-3,6,11-13,18-19,22-24,26,28-31,36H2,1H3,(H2,59,60)(H,66,67). The van der Waals surface area contributed by atoms with E-state index in [0.29, 0.717) is 67.8 Å². The van der Waals surface area contributed by atoms with Crippen molar-refractivity contribution in [3.8, 4) is 33.9 Å². The second-order valence-electron chi connectivity index (χ2n) is 20.6. The number of hydrogen-bond donors (Lipinski definition) is 8. The molecule has 362 valence electrons. The summed E-state index contributed by atoms with van der Waals surface area (Å²) in [6.07, 6.45) is 17.2. The molecule has 10 nitrogen and oxygen atoms in total. The second kappa shape index (κ2) is 22.3. The molecular formula is C58H73N3O7. The Hall–Kier alpha value is -5.42. The summed E-state index contributed by atoms with van der Waals surface area (Å²) in [5.74, 6) is -1.80. The first-order valence-corrected chi connectivity index (χ1v) is 25.5. The van der Waals surface area contributed by atoms with Crippen LogP contribution in [0.3, 0.4) is 0 Å². The zero-order valence-corrected chi connectivity index (χ0v) is 39.7. The maximum atomic E-state index is 13.3. The number of aromatic amines is 1. The maximum Gasteiger partial charge on any atom is 0.309 e. The van der Waals surface area contributed by atoms with E-state index in [2.05, 4.69) is 47.2 Å². The number of nitrogen functional groups attached to an aromatic ring is 1. The van der Waals surface area contributed by atoms with Crippen LogP contribution in [-0.2, 0) is 17.6 Å². The number of H-pyrrole nitrogens is 1. The number of allylic oxidation sites excluding steroid dienone is 1. The van der Waals surface area contributed by atoms with E-state index in [0.717, 1.165) is 65.7 Å². The number of fused-ring (bicyclic) bond motifs is 1. The van der Waals surface area contributed by atoms with E-state index in [-0.39, 0.29) is 60.0 Å². The average Bonchev–Trinajstić information content (AvgIpc) is 3.90.